The van der Waals surface area contributed by atoms with Crippen LogP contribution in [0.15, 0.2) is 0 Å². The number of rotatable bonds is 6. The predicted octanol–water partition coefficient (Wildman–Crippen LogP) is 3.98. The maximum absolute atomic E-state index is 4.66. The lowest BCUT2D eigenvalue weighted by Crippen LogP contribution is -2.06. The Morgan fingerprint density at radius 2 is 1.94 bits per heavy atom. The van der Waals surface area contributed by atoms with Gasteiger partial charge in [0.15, 0.2) is 5.82 Å². The van der Waals surface area contributed by atoms with Gasteiger partial charge in [0.05, 0.1) is 0 Å². The van der Waals surface area contributed by atoms with Crippen LogP contribution in [0.4, 0.5) is 0 Å². The zero-order valence-corrected chi connectivity index (χ0v) is 11.0. The van der Waals surface area contributed by atoms with Crippen molar-refractivity contribution in [3.05, 3.63) is 11.6 Å². The molecule has 0 unspecified atom stereocenters. The van der Waals surface area contributed by atoms with E-state index in [0.717, 1.165) is 18.1 Å². The number of nitrogens with zero attached hydrogens (tertiary/aromatic N) is 2. The smallest absolute Gasteiger partial charge is 0.153 e. The summed E-state index contributed by atoms with van der Waals surface area (Å²) in [5, 5.41) is 7.52. The highest BCUT2D eigenvalue weighted by atomic mass is 15.2. The molecule has 1 aliphatic rings. The molecule has 0 saturated heterocycles. The largest absolute Gasteiger partial charge is 0.263 e. The SMILES string of the molecule is CCCCCCc1nc(C2CCCCC2)n[nH]1. The lowest BCUT2D eigenvalue weighted by atomic mass is 9.89. The monoisotopic (exact) mass is 235 g/mol. The van der Waals surface area contributed by atoms with E-state index in [0.29, 0.717) is 5.92 Å². The van der Waals surface area contributed by atoms with Crippen molar-refractivity contribution >= 4 is 0 Å². The van der Waals surface area contributed by atoms with Crippen molar-refractivity contribution in [2.24, 2.45) is 0 Å². The lowest BCUT2D eigenvalue weighted by molar-refractivity contribution is 0.429. The van der Waals surface area contributed by atoms with Gasteiger partial charge in [-0.15, -0.1) is 0 Å². The molecule has 2 rings (SSSR count). The number of hydrogen-bond donors (Lipinski definition) is 1. The van der Waals surface area contributed by atoms with Crippen LogP contribution >= 0.6 is 0 Å². The number of hydrogen-bond acceptors (Lipinski definition) is 2. The minimum Gasteiger partial charge on any atom is -0.263 e. The van der Waals surface area contributed by atoms with Gasteiger partial charge in [0.2, 0.25) is 0 Å². The maximum Gasteiger partial charge on any atom is 0.153 e. The molecule has 1 fully saturated rings. The third-order valence-corrected chi connectivity index (χ3v) is 3.79. The second kappa shape index (κ2) is 6.77. The summed E-state index contributed by atoms with van der Waals surface area (Å²) in [6.45, 7) is 2.25. The lowest BCUT2D eigenvalue weighted by Gasteiger charge is -2.17. The average molecular weight is 235 g/mol. The second-order valence-electron chi connectivity index (χ2n) is 5.29. The first kappa shape index (κ1) is 12.6. The normalized spacial score (nSPS) is 17.5. The van der Waals surface area contributed by atoms with E-state index in [4.69, 9.17) is 0 Å². The molecule has 1 N–H and O–H groups in total. The van der Waals surface area contributed by atoms with Crippen LogP contribution in [0.2, 0.25) is 0 Å². The molecule has 1 saturated carbocycles. The molecule has 0 spiro atoms. The molecule has 17 heavy (non-hydrogen) atoms. The summed E-state index contributed by atoms with van der Waals surface area (Å²) in [6.07, 6.45) is 12.9. The zero-order valence-electron chi connectivity index (χ0n) is 11.0. The molecule has 1 heterocycles. The molecule has 0 atom stereocenters. The molecule has 0 aliphatic heterocycles. The van der Waals surface area contributed by atoms with Gasteiger partial charge in [-0.05, 0) is 19.3 Å². The van der Waals surface area contributed by atoms with Crippen LogP contribution in [0.3, 0.4) is 0 Å². The van der Waals surface area contributed by atoms with Gasteiger partial charge < -0.3 is 0 Å². The molecule has 3 heteroatoms. The summed E-state index contributed by atoms with van der Waals surface area (Å²) in [6, 6.07) is 0. The Morgan fingerprint density at radius 1 is 1.12 bits per heavy atom. The highest BCUT2D eigenvalue weighted by Gasteiger charge is 2.19. The van der Waals surface area contributed by atoms with Crippen molar-refractivity contribution in [1.29, 1.82) is 0 Å². The van der Waals surface area contributed by atoms with Gasteiger partial charge in [-0.3, -0.25) is 5.10 Å². The molecule has 1 aliphatic carbocycles. The van der Waals surface area contributed by atoms with Crippen LogP contribution in [-0.2, 0) is 6.42 Å². The van der Waals surface area contributed by atoms with Crippen molar-refractivity contribution in [1.82, 2.24) is 15.2 Å². The zero-order chi connectivity index (χ0) is 11.9. The molecule has 1 aromatic rings. The van der Waals surface area contributed by atoms with Crippen LogP contribution < -0.4 is 0 Å². The summed E-state index contributed by atoms with van der Waals surface area (Å²) in [7, 11) is 0. The summed E-state index contributed by atoms with van der Waals surface area (Å²) >= 11 is 0. The van der Waals surface area contributed by atoms with Crippen LogP contribution in [0.5, 0.6) is 0 Å². The van der Waals surface area contributed by atoms with E-state index in [1.54, 1.807) is 0 Å². The maximum atomic E-state index is 4.66. The van der Waals surface area contributed by atoms with Crippen LogP contribution in [0, 0.1) is 0 Å². The highest BCUT2D eigenvalue weighted by molar-refractivity contribution is 4.99. The Bertz CT molecular complexity index is 313. The molecule has 0 bridgehead atoms. The summed E-state index contributed by atoms with van der Waals surface area (Å²) in [4.78, 5) is 4.66. The number of aryl methyl sites for hydroxylation is 1. The van der Waals surface area contributed by atoms with Crippen molar-refractivity contribution in [3.63, 3.8) is 0 Å². The van der Waals surface area contributed by atoms with E-state index in [1.165, 1.54) is 57.8 Å². The number of aromatic nitrogens is 3. The predicted molar refractivity (Wildman–Crippen MR) is 70.1 cm³/mol. The highest BCUT2D eigenvalue weighted by Crippen LogP contribution is 2.30. The average Bonchev–Trinajstić information content (AvgIpc) is 2.85. The first-order chi connectivity index (χ1) is 8.40. The molecule has 0 aromatic carbocycles. The third kappa shape index (κ3) is 3.83. The number of unbranched alkanes of at least 4 members (excludes halogenated alkanes) is 3. The fourth-order valence-corrected chi connectivity index (χ4v) is 2.68. The van der Waals surface area contributed by atoms with E-state index >= 15 is 0 Å². The number of H-pyrrole nitrogens is 1. The molecule has 0 amide bonds. The Morgan fingerprint density at radius 3 is 2.71 bits per heavy atom. The van der Waals surface area contributed by atoms with Crippen molar-refractivity contribution < 1.29 is 0 Å². The van der Waals surface area contributed by atoms with E-state index < -0.39 is 0 Å². The van der Waals surface area contributed by atoms with Crippen LogP contribution in [0.1, 0.15) is 82.3 Å². The summed E-state index contributed by atoms with van der Waals surface area (Å²) in [5.74, 6) is 2.81. The minimum absolute atomic E-state index is 0.629. The number of nitrogens with one attached hydrogen (secondary N) is 1. The quantitative estimate of drug-likeness (QED) is 0.758. The number of aromatic amines is 1. The van der Waals surface area contributed by atoms with E-state index in [9.17, 15) is 0 Å². The van der Waals surface area contributed by atoms with Crippen molar-refractivity contribution in [3.8, 4) is 0 Å². The minimum atomic E-state index is 0.629. The van der Waals surface area contributed by atoms with Gasteiger partial charge in [0, 0.05) is 12.3 Å². The Balaban J connectivity index is 1.78. The summed E-state index contributed by atoms with van der Waals surface area (Å²) in [5.41, 5.74) is 0. The van der Waals surface area contributed by atoms with Gasteiger partial charge in [0.25, 0.3) is 0 Å². The fraction of sp³-hybridized carbons (Fsp3) is 0.857. The van der Waals surface area contributed by atoms with Crippen molar-refractivity contribution in [2.45, 2.75) is 77.0 Å². The van der Waals surface area contributed by atoms with Gasteiger partial charge in [0.1, 0.15) is 5.82 Å². The molecular formula is C14H25N3. The Kier molecular flexibility index (Phi) is 5.02. The second-order valence-corrected chi connectivity index (χ2v) is 5.29. The van der Waals surface area contributed by atoms with Crippen LogP contribution in [-0.4, -0.2) is 15.2 Å². The van der Waals surface area contributed by atoms with Gasteiger partial charge in [-0.2, -0.15) is 5.10 Å². The fourth-order valence-electron chi connectivity index (χ4n) is 2.68. The first-order valence-corrected chi connectivity index (χ1v) is 7.31. The first-order valence-electron chi connectivity index (χ1n) is 7.31. The van der Waals surface area contributed by atoms with Crippen LogP contribution in [0.25, 0.3) is 0 Å². The molecule has 1 aromatic heterocycles. The molecule has 0 radical (unpaired) electrons. The van der Waals surface area contributed by atoms with Gasteiger partial charge in [-0.25, -0.2) is 4.98 Å². The Hall–Kier alpha value is -0.860. The third-order valence-electron chi connectivity index (χ3n) is 3.79. The molecule has 96 valence electrons. The Labute approximate surface area is 104 Å². The summed E-state index contributed by atoms with van der Waals surface area (Å²) < 4.78 is 0. The van der Waals surface area contributed by atoms with Gasteiger partial charge >= 0.3 is 0 Å². The standard InChI is InChI=1S/C14H25N3/c1-2-3-4-8-11-13-15-14(17-16-13)12-9-6-5-7-10-12/h12H,2-11H2,1H3,(H,15,16,17). The molecule has 3 nitrogen and oxygen atoms in total. The molecular weight excluding hydrogens is 210 g/mol. The van der Waals surface area contributed by atoms with E-state index in [1.807, 2.05) is 0 Å². The van der Waals surface area contributed by atoms with E-state index in [2.05, 4.69) is 22.1 Å². The van der Waals surface area contributed by atoms with Gasteiger partial charge in [-0.1, -0.05) is 45.4 Å². The van der Waals surface area contributed by atoms with E-state index in [-0.39, 0.29) is 0 Å². The topological polar surface area (TPSA) is 41.6 Å². The van der Waals surface area contributed by atoms with Crippen molar-refractivity contribution in [2.75, 3.05) is 0 Å².